The Hall–Kier alpha value is -1.20. The fourth-order valence-electron chi connectivity index (χ4n) is 2.07. The van der Waals surface area contributed by atoms with E-state index in [1.165, 1.54) is 0 Å². The normalized spacial score (nSPS) is 22.2. The van der Waals surface area contributed by atoms with Crippen LogP contribution in [0.5, 0.6) is 0 Å². The molecule has 1 aromatic heterocycles. The Labute approximate surface area is 124 Å². The molecule has 0 unspecified atom stereocenters. The Balaban J connectivity index is 1.61. The number of ether oxygens (including phenoxy) is 1. The summed E-state index contributed by atoms with van der Waals surface area (Å²) in [6, 6.07) is 4.15. The fraction of sp³-hybridized carbons (Fsp3) is 0.643. The summed E-state index contributed by atoms with van der Waals surface area (Å²) in [5, 5.41) is 6.62. The first-order chi connectivity index (χ1) is 9.32. The summed E-state index contributed by atoms with van der Waals surface area (Å²) < 4.78 is 10.5. The van der Waals surface area contributed by atoms with E-state index in [2.05, 4.69) is 10.6 Å². The topological polar surface area (TPSA) is 63.5 Å². The second kappa shape index (κ2) is 6.06. The second-order valence-corrected chi connectivity index (χ2v) is 6.47. The molecule has 2 N–H and O–H groups in total. The molecule has 6 heteroatoms. The number of rotatable bonds is 4. The average molecular weight is 301 g/mol. The first-order valence-corrected chi connectivity index (χ1v) is 7.17. The van der Waals surface area contributed by atoms with E-state index >= 15 is 0 Å². The first kappa shape index (κ1) is 15.2. The highest BCUT2D eigenvalue weighted by atomic mass is 35.5. The molecule has 0 saturated heterocycles. The van der Waals surface area contributed by atoms with E-state index in [1.807, 2.05) is 26.8 Å². The van der Waals surface area contributed by atoms with Gasteiger partial charge in [0.2, 0.25) is 0 Å². The van der Waals surface area contributed by atoms with Gasteiger partial charge in [-0.05, 0) is 57.3 Å². The predicted octanol–water partition coefficient (Wildman–Crippen LogP) is 3.08. The van der Waals surface area contributed by atoms with Gasteiger partial charge in [0.1, 0.15) is 11.4 Å². The number of alkyl carbamates (subject to hydrolysis) is 1. The van der Waals surface area contributed by atoms with Gasteiger partial charge in [-0.2, -0.15) is 0 Å². The van der Waals surface area contributed by atoms with E-state index in [9.17, 15) is 4.79 Å². The van der Waals surface area contributed by atoms with Gasteiger partial charge in [0.25, 0.3) is 0 Å². The van der Waals surface area contributed by atoms with Crippen molar-refractivity contribution in [2.45, 2.75) is 57.8 Å². The number of hydrogen-bond donors (Lipinski definition) is 2. The van der Waals surface area contributed by atoms with E-state index in [0.717, 1.165) is 18.6 Å². The number of halogens is 1. The van der Waals surface area contributed by atoms with Crippen molar-refractivity contribution in [1.29, 1.82) is 0 Å². The lowest BCUT2D eigenvalue weighted by atomic mass is 9.87. The zero-order chi connectivity index (χ0) is 14.8. The Morgan fingerprint density at radius 3 is 2.65 bits per heavy atom. The SMILES string of the molecule is CC(C)(C)OC(=O)NC1CC(NCc2ccc(Cl)o2)C1. The van der Waals surface area contributed by atoms with Crippen molar-refractivity contribution in [3.8, 4) is 0 Å². The van der Waals surface area contributed by atoms with Gasteiger partial charge >= 0.3 is 6.09 Å². The standard InChI is InChI=1S/C14H21ClN2O3/c1-14(2,3)20-13(18)17-10-6-9(7-10)16-8-11-4-5-12(15)19-11/h4-5,9-10,16H,6-8H2,1-3H3,(H,17,18). The Morgan fingerprint density at radius 2 is 2.10 bits per heavy atom. The molecular formula is C14H21ClN2O3. The minimum Gasteiger partial charge on any atom is -0.448 e. The van der Waals surface area contributed by atoms with E-state index in [-0.39, 0.29) is 12.1 Å². The number of nitrogens with one attached hydrogen (secondary N) is 2. The van der Waals surface area contributed by atoms with E-state index in [0.29, 0.717) is 17.8 Å². The molecule has 1 aliphatic carbocycles. The summed E-state index contributed by atoms with van der Waals surface area (Å²) >= 11 is 5.70. The van der Waals surface area contributed by atoms with Crippen LogP contribution in [-0.2, 0) is 11.3 Å². The summed E-state index contributed by atoms with van der Waals surface area (Å²) in [6.45, 7) is 6.21. The lowest BCUT2D eigenvalue weighted by Crippen LogP contribution is -2.52. The van der Waals surface area contributed by atoms with Gasteiger partial charge in [-0.1, -0.05) is 0 Å². The number of amides is 1. The molecule has 5 nitrogen and oxygen atoms in total. The van der Waals surface area contributed by atoms with Crippen LogP contribution in [0.15, 0.2) is 16.5 Å². The summed E-state index contributed by atoms with van der Waals surface area (Å²) in [7, 11) is 0. The Morgan fingerprint density at radius 1 is 1.40 bits per heavy atom. The van der Waals surface area contributed by atoms with Crippen LogP contribution in [0.2, 0.25) is 5.22 Å². The predicted molar refractivity (Wildman–Crippen MR) is 76.7 cm³/mol. The van der Waals surface area contributed by atoms with Crippen molar-refractivity contribution in [3.05, 3.63) is 23.1 Å². The van der Waals surface area contributed by atoms with Crippen LogP contribution in [0.3, 0.4) is 0 Å². The molecule has 0 radical (unpaired) electrons. The number of hydrogen-bond acceptors (Lipinski definition) is 4. The van der Waals surface area contributed by atoms with Crippen molar-refractivity contribution in [1.82, 2.24) is 10.6 Å². The van der Waals surface area contributed by atoms with Crippen LogP contribution >= 0.6 is 11.6 Å². The maximum Gasteiger partial charge on any atom is 0.407 e. The van der Waals surface area contributed by atoms with Crippen molar-refractivity contribution in [2.75, 3.05) is 0 Å². The van der Waals surface area contributed by atoms with Crippen LogP contribution in [0.4, 0.5) is 4.79 Å². The third-order valence-electron chi connectivity index (χ3n) is 3.05. The zero-order valence-corrected chi connectivity index (χ0v) is 12.8. The molecular weight excluding hydrogens is 280 g/mol. The zero-order valence-electron chi connectivity index (χ0n) is 12.0. The molecule has 2 rings (SSSR count). The largest absolute Gasteiger partial charge is 0.448 e. The molecule has 1 saturated carbocycles. The van der Waals surface area contributed by atoms with Crippen molar-refractivity contribution in [2.24, 2.45) is 0 Å². The lowest BCUT2D eigenvalue weighted by Gasteiger charge is -2.36. The van der Waals surface area contributed by atoms with Crippen molar-refractivity contribution in [3.63, 3.8) is 0 Å². The average Bonchev–Trinajstić information content (AvgIpc) is 2.64. The molecule has 1 heterocycles. The van der Waals surface area contributed by atoms with Gasteiger partial charge < -0.3 is 19.8 Å². The third kappa shape index (κ3) is 4.72. The third-order valence-corrected chi connectivity index (χ3v) is 3.26. The van der Waals surface area contributed by atoms with Gasteiger partial charge in [-0.15, -0.1) is 0 Å². The molecule has 20 heavy (non-hydrogen) atoms. The van der Waals surface area contributed by atoms with Gasteiger partial charge in [0.05, 0.1) is 6.54 Å². The van der Waals surface area contributed by atoms with Gasteiger partial charge in [0, 0.05) is 12.1 Å². The van der Waals surface area contributed by atoms with Gasteiger partial charge in [0.15, 0.2) is 5.22 Å². The monoisotopic (exact) mass is 300 g/mol. The minimum absolute atomic E-state index is 0.183. The molecule has 0 spiro atoms. The summed E-state index contributed by atoms with van der Waals surface area (Å²) in [4.78, 5) is 11.6. The molecule has 1 fully saturated rings. The molecule has 1 aliphatic rings. The molecule has 0 aliphatic heterocycles. The second-order valence-electron chi connectivity index (χ2n) is 6.10. The van der Waals surface area contributed by atoms with E-state index in [1.54, 1.807) is 6.07 Å². The molecule has 0 bridgehead atoms. The summed E-state index contributed by atoms with van der Waals surface area (Å²) in [5.41, 5.74) is -0.454. The highest BCUT2D eigenvalue weighted by Gasteiger charge is 2.31. The summed E-state index contributed by atoms with van der Waals surface area (Å²) in [6.07, 6.45) is 1.44. The lowest BCUT2D eigenvalue weighted by molar-refractivity contribution is 0.0464. The molecule has 1 aromatic rings. The first-order valence-electron chi connectivity index (χ1n) is 6.79. The van der Waals surface area contributed by atoms with Crippen LogP contribution in [-0.4, -0.2) is 23.8 Å². The maximum atomic E-state index is 11.6. The van der Waals surface area contributed by atoms with Gasteiger partial charge in [-0.25, -0.2) is 4.79 Å². The van der Waals surface area contributed by atoms with Crippen molar-refractivity contribution < 1.29 is 13.9 Å². The number of furan rings is 1. The quantitative estimate of drug-likeness (QED) is 0.897. The van der Waals surface area contributed by atoms with Crippen LogP contribution in [0, 0.1) is 0 Å². The maximum absolute atomic E-state index is 11.6. The van der Waals surface area contributed by atoms with Crippen LogP contribution in [0.1, 0.15) is 39.4 Å². The van der Waals surface area contributed by atoms with Crippen molar-refractivity contribution >= 4 is 17.7 Å². The van der Waals surface area contributed by atoms with E-state index < -0.39 is 5.60 Å². The highest BCUT2D eigenvalue weighted by Crippen LogP contribution is 2.21. The molecule has 112 valence electrons. The number of carbonyl (C=O) groups is 1. The highest BCUT2D eigenvalue weighted by molar-refractivity contribution is 6.28. The van der Waals surface area contributed by atoms with Gasteiger partial charge in [-0.3, -0.25) is 0 Å². The summed E-state index contributed by atoms with van der Waals surface area (Å²) in [5.74, 6) is 0.818. The van der Waals surface area contributed by atoms with Crippen LogP contribution in [0.25, 0.3) is 0 Å². The smallest absolute Gasteiger partial charge is 0.407 e. The molecule has 0 aromatic carbocycles. The minimum atomic E-state index is -0.454. The molecule has 1 amide bonds. The Kier molecular flexibility index (Phi) is 4.60. The Bertz CT molecular complexity index is 461. The van der Waals surface area contributed by atoms with Crippen LogP contribution < -0.4 is 10.6 Å². The van der Waals surface area contributed by atoms with E-state index in [4.69, 9.17) is 20.8 Å². The fourth-order valence-corrected chi connectivity index (χ4v) is 2.23. The number of carbonyl (C=O) groups excluding carboxylic acids is 1. The molecule has 0 atom stereocenters.